The van der Waals surface area contributed by atoms with E-state index in [0.29, 0.717) is 0 Å². The van der Waals surface area contributed by atoms with E-state index >= 15 is 0 Å². The first-order chi connectivity index (χ1) is 14.8. The van der Waals surface area contributed by atoms with Gasteiger partial charge in [0.05, 0.1) is 0 Å². The molecule has 142 valence electrons. The summed E-state index contributed by atoms with van der Waals surface area (Å²) in [6.45, 7) is 0. The number of fused-ring (bicyclic) bond motifs is 4. The van der Waals surface area contributed by atoms with Gasteiger partial charge in [0.1, 0.15) is 11.2 Å². The summed E-state index contributed by atoms with van der Waals surface area (Å²) >= 11 is 0. The van der Waals surface area contributed by atoms with E-state index in [1.165, 1.54) is 43.8 Å². The Kier molecular flexibility index (Phi) is 3.92. The smallest absolute Gasteiger partial charge is 0.135 e. The lowest BCUT2D eigenvalue weighted by molar-refractivity contribution is 0.668. The van der Waals surface area contributed by atoms with Gasteiger partial charge in [0.25, 0.3) is 0 Å². The van der Waals surface area contributed by atoms with E-state index < -0.39 is 0 Å². The molecule has 0 saturated carbocycles. The first kappa shape index (κ1) is 17.1. The van der Waals surface area contributed by atoms with Crippen LogP contribution in [0.3, 0.4) is 0 Å². The molecule has 0 N–H and O–H groups in total. The molecule has 1 heterocycles. The highest BCUT2D eigenvalue weighted by atomic mass is 16.3. The molecule has 0 spiro atoms. The third-order valence-electron chi connectivity index (χ3n) is 5.91. The van der Waals surface area contributed by atoms with Crippen LogP contribution in [0.5, 0.6) is 0 Å². The van der Waals surface area contributed by atoms with Crippen LogP contribution in [0, 0.1) is 0 Å². The van der Waals surface area contributed by atoms with Crippen LogP contribution in [0.4, 0.5) is 0 Å². The lowest BCUT2D eigenvalue weighted by Gasteiger charge is -2.08. The average molecular weight is 384 g/mol. The molecule has 0 aliphatic rings. The van der Waals surface area contributed by atoms with E-state index in [4.69, 9.17) is 4.42 Å². The number of para-hydroxylation sites is 1. The second-order valence-corrected chi connectivity index (χ2v) is 7.83. The van der Waals surface area contributed by atoms with Gasteiger partial charge in [-0.2, -0.15) is 0 Å². The summed E-state index contributed by atoms with van der Waals surface area (Å²) in [7, 11) is 0. The minimum absolute atomic E-state index is 0.892. The molecular formula is C29H20O. The van der Waals surface area contributed by atoms with Crippen LogP contribution in [0.2, 0.25) is 0 Å². The zero-order valence-electron chi connectivity index (χ0n) is 16.5. The fourth-order valence-corrected chi connectivity index (χ4v) is 4.40. The van der Waals surface area contributed by atoms with Gasteiger partial charge < -0.3 is 4.42 Å². The van der Waals surface area contributed by atoms with Crippen molar-refractivity contribution >= 4 is 32.7 Å². The Morgan fingerprint density at radius 2 is 1.20 bits per heavy atom. The van der Waals surface area contributed by atoms with Crippen molar-refractivity contribution in [3.8, 4) is 11.1 Å². The van der Waals surface area contributed by atoms with Crippen LogP contribution in [-0.4, -0.2) is 0 Å². The summed E-state index contributed by atoms with van der Waals surface area (Å²) in [4.78, 5) is 0. The second-order valence-electron chi connectivity index (χ2n) is 7.83. The predicted octanol–water partition coefficient (Wildman–Crippen LogP) is 8.00. The fraction of sp³-hybridized carbons (Fsp3) is 0.0345. The summed E-state index contributed by atoms with van der Waals surface area (Å²) in [5.41, 5.74) is 7.01. The molecule has 6 aromatic rings. The zero-order valence-corrected chi connectivity index (χ0v) is 16.5. The molecule has 0 saturated heterocycles. The predicted molar refractivity (Wildman–Crippen MR) is 126 cm³/mol. The third-order valence-corrected chi connectivity index (χ3v) is 5.91. The van der Waals surface area contributed by atoms with E-state index in [-0.39, 0.29) is 0 Å². The van der Waals surface area contributed by atoms with Crippen molar-refractivity contribution in [3.05, 3.63) is 120 Å². The number of furan rings is 1. The largest absolute Gasteiger partial charge is 0.456 e. The maximum Gasteiger partial charge on any atom is 0.135 e. The molecule has 0 amide bonds. The Morgan fingerprint density at radius 3 is 2.10 bits per heavy atom. The Morgan fingerprint density at radius 1 is 0.500 bits per heavy atom. The van der Waals surface area contributed by atoms with Gasteiger partial charge in [0.2, 0.25) is 0 Å². The van der Waals surface area contributed by atoms with Crippen molar-refractivity contribution < 1.29 is 4.42 Å². The van der Waals surface area contributed by atoms with Crippen molar-refractivity contribution in [1.29, 1.82) is 0 Å². The monoisotopic (exact) mass is 384 g/mol. The Bertz CT molecular complexity index is 1500. The first-order valence-corrected chi connectivity index (χ1v) is 10.3. The van der Waals surface area contributed by atoms with Gasteiger partial charge in [-0.1, -0.05) is 97.1 Å². The number of hydrogen-bond donors (Lipinski definition) is 0. The lowest BCUT2D eigenvalue weighted by atomic mass is 9.96. The lowest BCUT2D eigenvalue weighted by Crippen LogP contribution is -1.88. The van der Waals surface area contributed by atoms with Crippen molar-refractivity contribution in [2.75, 3.05) is 0 Å². The molecule has 0 aliphatic heterocycles. The molecular weight excluding hydrogens is 364 g/mol. The third kappa shape index (κ3) is 2.87. The van der Waals surface area contributed by atoms with Crippen LogP contribution in [0.1, 0.15) is 11.1 Å². The fourth-order valence-electron chi connectivity index (χ4n) is 4.40. The summed E-state index contributed by atoms with van der Waals surface area (Å²) in [6.07, 6.45) is 0.892. The van der Waals surface area contributed by atoms with Gasteiger partial charge in [-0.15, -0.1) is 0 Å². The molecule has 30 heavy (non-hydrogen) atoms. The quantitative estimate of drug-likeness (QED) is 0.301. The van der Waals surface area contributed by atoms with E-state index in [9.17, 15) is 0 Å². The minimum atomic E-state index is 0.892. The topological polar surface area (TPSA) is 13.1 Å². The minimum Gasteiger partial charge on any atom is -0.456 e. The molecule has 5 aromatic carbocycles. The molecule has 0 fully saturated rings. The van der Waals surface area contributed by atoms with Gasteiger partial charge in [0, 0.05) is 10.8 Å². The van der Waals surface area contributed by atoms with Gasteiger partial charge in [-0.3, -0.25) is 0 Å². The molecule has 1 aromatic heterocycles. The summed E-state index contributed by atoms with van der Waals surface area (Å²) in [5, 5.41) is 4.93. The number of hydrogen-bond acceptors (Lipinski definition) is 1. The number of benzene rings is 5. The molecule has 6 rings (SSSR count). The Hall–Kier alpha value is -3.84. The van der Waals surface area contributed by atoms with Crippen LogP contribution < -0.4 is 0 Å². The van der Waals surface area contributed by atoms with Gasteiger partial charge in [0.15, 0.2) is 0 Å². The maximum atomic E-state index is 6.05. The highest BCUT2D eigenvalue weighted by Crippen LogP contribution is 2.31. The molecule has 0 aliphatic carbocycles. The summed E-state index contributed by atoms with van der Waals surface area (Å²) < 4.78 is 6.05. The molecule has 0 atom stereocenters. The van der Waals surface area contributed by atoms with Crippen LogP contribution >= 0.6 is 0 Å². The van der Waals surface area contributed by atoms with E-state index in [1.807, 2.05) is 12.1 Å². The van der Waals surface area contributed by atoms with Crippen LogP contribution in [-0.2, 0) is 6.42 Å². The summed E-state index contributed by atoms with van der Waals surface area (Å²) in [6, 6.07) is 38.8. The molecule has 0 bridgehead atoms. The second kappa shape index (κ2) is 6.89. The van der Waals surface area contributed by atoms with E-state index in [0.717, 1.165) is 17.6 Å². The maximum absolute atomic E-state index is 6.05. The Balaban J connectivity index is 1.32. The normalized spacial score (nSPS) is 11.5. The highest BCUT2D eigenvalue weighted by molar-refractivity contribution is 6.04. The molecule has 1 heteroatoms. The van der Waals surface area contributed by atoms with Crippen molar-refractivity contribution in [3.63, 3.8) is 0 Å². The molecule has 0 radical (unpaired) electrons. The van der Waals surface area contributed by atoms with Crippen molar-refractivity contribution in [2.45, 2.75) is 6.42 Å². The highest BCUT2D eigenvalue weighted by Gasteiger charge is 2.08. The SMILES string of the molecule is c1ccc2c(-c3ccc(Cc4ccc5c(c4)oc4ccccc45)cc3)cccc2c1. The van der Waals surface area contributed by atoms with E-state index in [2.05, 4.69) is 97.1 Å². The number of rotatable bonds is 3. The van der Waals surface area contributed by atoms with Crippen molar-refractivity contribution in [2.24, 2.45) is 0 Å². The Labute approximate surface area is 175 Å². The van der Waals surface area contributed by atoms with Gasteiger partial charge in [-0.05, 0) is 51.6 Å². The molecule has 1 nitrogen and oxygen atoms in total. The van der Waals surface area contributed by atoms with Crippen LogP contribution in [0.15, 0.2) is 114 Å². The summed E-state index contributed by atoms with van der Waals surface area (Å²) in [5.74, 6) is 0. The van der Waals surface area contributed by atoms with E-state index in [1.54, 1.807) is 0 Å². The van der Waals surface area contributed by atoms with Crippen LogP contribution in [0.25, 0.3) is 43.8 Å². The van der Waals surface area contributed by atoms with Crippen molar-refractivity contribution in [1.82, 2.24) is 0 Å². The standard InChI is InChI=1S/C29H20O/c1-2-8-24-22(6-1)7-5-10-25(24)23-15-12-20(13-16-23)18-21-14-17-27-26-9-3-4-11-28(26)30-29(27)19-21/h1-17,19H,18H2. The van der Waals surface area contributed by atoms with Gasteiger partial charge >= 0.3 is 0 Å². The average Bonchev–Trinajstić information content (AvgIpc) is 3.17. The van der Waals surface area contributed by atoms with Gasteiger partial charge in [-0.25, -0.2) is 0 Å². The zero-order chi connectivity index (χ0) is 19.9. The first-order valence-electron chi connectivity index (χ1n) is 10.3. The molecule has 0 unspecified atom stereocenters.